The van der Waals surface area contributed by atoms with E-state index in [1.807, 2.05) is 0 Å². The summed E-state index contributed by atoms with van der Waals surface area (Å²) in [6, 6.07) is 4.78. The molecule has 0 bridgehead atoms. The third-order valence-electron chi connectivity index (χ3n) is 2.76. The first-order valence-electron chi connectivity index (χ1n) is 6.50. The summed E-state index contributed by atoms with van der Waals surface area (Å²) in [5.41, 5.74) is 1.41. The monoisotopic (exact) mass is 280 g/mol. The van der Waals surface area contributed by atoms with Crippen molar-refractivity contribution in [3.8, 4) is 0 Å². The highest BCUT2D eigenvalue weighted by molar-refractivity contribution is 5.73. The molecule has 0 radical (unpaired) electrons. The number of aryl methyl sites for hydroxylation is 1. The van der Waals surface area contributed by atoms with Gasteiger partial charge in [0.15, 0.2) is 0 Å². The van der Waals surface area contributed by atoms with Gasteiger partial charge in [0, 0.05) is 23.9 Å². The lowest BCUT2D eigenvalue weighted by molar-refractivity contribution is -0.385. The second-order valence-electron chi connectivity index (χ2n) is 5.03. The van der Waals surface area contributed by atoms with Crippen molar-refractivity contribution in [1.82, 2.24) is 0 Å². The predicted octanol–water partition coefficient (Wildman–Crippen LogP) is 2.90. The van der Waals surface area contributed by atoms with Crippen molar-refractivity contribution in [2.24, 2.45) is 5.92 Å². The predicted molar refractivity (Wildman–Crippen MR) is 76.7 cm³/mol. The van der Waals surface area contributed by atoms with Crippen molar-refractivity contribution >= 4 is 17.3 Å². The highest BCUT2D eigenvalue weighted by atomic mass is 16.6. The summed E-state index contributed by atoms with van der Waals surface area (Å²) >= 11 is 0. The van der Waals surface area contributed by atoms with Crippen molar-refractivity contribution in [3.05, 3.63) is 33.9 Å². The highest BCUT2D eigenvalue weighted by Gasteiger charge is 2.16. The number of nitro groups is 1. The molecule has 0 amide bonds. The van der Waals surface area contributed by atoms with Gasteiger partial charge < -0.3 is 10.1 Å². The number of nitro benzene ring substituents is 1. The summed E-state index contributed by atoms with van der Waals surface area (Å²) in [7, 11) is 0. The number of esters is 1. The molecule has 0 heterocycles. The minimum absolute atomic E-state index is 0.0859. The number of carbonyl (C=O) groups is 1. The van der Waals surface area contributed by atoms with Crippen LogP contribution in [0, 0.1) is 23.0 Å². The third-order valence-corrected chi connectivity index (χ3v) is 2.76. The van der Waals surface area contributed by atoms with E-state index in [-0.39, 0.29) is 23.7 Å². The molecule has 0 saturated carbocycles. The topological polar surface area (TPSA) is 81.5 Å². The van der Waals surface area contributed by atoms with Crippen molar-refractivity contribution in [1.29, 1.82) is 0 Å². The van der Waals surface area contributed by atoms with Crippen LogP contribution in [0.4, 0.5) is 11.4 Å². The number of hydrogen-bond donors (Lipinski definition) is 1. The van der Waals surface area contributed by atoms with Gasteiger partial charge in [0.25, 0.3) is 5.69 Å². The van der Waals surface area contributed by atoms with Gasteiger partial charge in [-0.3, -0.25) is 14.9 Å². The van der Waals surface area contributed by atoms with Crippen LogP contribution in [0.3, 0.4) is 0 Å². The summed E-state index contributed by atoms with van der Waals surface area (Å²) in [4.78, 5) is 21.9. The van der Waals surface area contributed by atoms with E-state index in [0.717, 1.165) is 5.69 Å². The SMILES string of the molecule is Cc1cc(NCC(C)C(=O)OC(C)C)ccc1[N+](=O)[O-]. The van der Waals surface area contributed by atoms with Crippen LogP contribution in [0.2, 0.25) is 0 Å². The number of nitrogens with one attached hydrogen (secondary N) is 1. The van der Waals surface area contributed by atoms with E-state index in [1.165, 1.54) is 6.07 Å². The molecule has 0 aromatic heterocycles. The molecule has 0 fully saturated rings. The van der Waals surface area contributed by atoms with E-state index in [2.05, 4.69) is 5.32 Å². The molecule has 0 aliphatic carbocycles. The van der Waals surface area contributed by atoms with E-state index in [0.29, 0.717) is 12.1 Å². The molecular weight excluding hydrogens is 260 g/mol. The molecule has 6 nitrogen and oxygen atoms in total. The molecule has 0 spiro atoms. The first kappa shape index (κ1) is 15.9. The number of carbonyl (C=O) groups excluding carboxylic acids is 1. The van der Waals surface area contributed by atoms with Gasteiger partial charge in [0.05, 0.1) is 16.9 Å². The lowest BCUT2D eigenvalue weighted by atomic mass is 10.1. The van der Waals surface area contributed by atoms with Crippen molar-refractivity contribution < 1.29 is 14.5 Å². The van der Waals surface area contributed by atoms with Crippen molar-refractivity contribution in [3.63, 3.8) is 0 Å². The maximum Gasteiger partial charge on any atom is 0.310 e. The number of anilines is 1. The van der Waals surface area contributed by atoms with Gasteiger partial charge in [-0.05, 0) is 32.9 Å². The average molecular weight is 280 g/mol. The zero-order valence-electron chi connectivity index (χ0n) is 12.2. The Kier molecular flexibility index (Phi) is 5.49. The molecule has 0 aliphatic heterocycles. The molecule has 0 aliphatic rings. The van der Waals surface area contributed by atoms with Gasteiger partial charge >= 0.3 is 5.97 Å². The highest BCUT2D eigenvalue weighted by Crippen LogP contribution is 2.21. The van der Waals surface area contributed by atoms with Crippen LogP contribution in [-0.2, 0) is 9.53 Å². The average Bonchev–Trinajstić information content (AvgIpc) is 2.34. The molecule has 1 unspecified atom stereocenters. The molecule has 1 aromatic rings. The van der Waals surface area contributed by atoms with Gasteiger partial charge in [-0.15, -0.1) is 0 Å². The van der Waals surface area contributed by atoms with E-state index in [4.69, 9.17) is 4.74 Å². The number of ether oxygens (including phenoxy) is 1. The number of rotatable bonds is 6. The standard InChI is InChI=1S/C14H20N2O4/c1-9(2)20-14(17)11(4)8-15-12-5-6-13(16(18)19)10(3)7-12/h5-7,9,11,15H,8H2,1-4H3. The zero-order chi connectivity index (χ0) is 15.3. The van der Waals surface area contributed by atoms with Crippen LogP contribution in [0.15, 0.2) is 18.2 Å². The fourth-order valence-electron chi connectivity index (χ4n) is 1.67. The smallest absolute Gasteiger partial charge is 0.310 e. The Labute approximate surface area is 118 Å². The fourth-order valence-corrected chi connectivity index (χ4v) is 1.67. The Hall–Kier alpha value is -2.11. The lowest BCUT2D eigenvalue weighted by Crippen LogP contribution is -2.24. The molecule has 110 valence electrons. The molecule has 1 atom stereocenters. The normalized spacial score (nSPS) is 12.1. The Morgan fingerprint density at radius 3 is 2.55 bits per heavy atom. The number of nitrogens with zero attached hydrogens (tertiary/aromatic N) is 1. The van der Waals surface area contributed by atoms with Crippen molar-refractivity contribution in [2.45, 2.75) is 33.8 Å². The Bertz CT molecular complexity index is 500. The van der Waals surface area contributed by atoms with Gasteiger partial charge in [-0.25, -0.2) is 0 Å². The van der Waals surface area contributed by atoms with Crippen LogP contribution in [0.5, 0.6) is 0 Å². The van der Waals surface area contributed by atoms with E-state index in [1.54, 1.807) is 39.8 Å². The number of benzene rings is 1. The Balaban J connectivity index is 2.60. The summed E-state index contributed by atoms with van der Waals surface area (Å²) in [5, 5.41) is 13.8. The molecule has 0 saturated heterocycles. The molecule has 1 rings (SSSR count). The Morgan fingerprint density at radius 1 is 1.40 bits per heavy atom. The van der Waals surface area contributed by atoms with Crippen LogP contribution in [0.1, 0.15) is 26.3 Å². The van der Waals surface area contributed by atoms with Gasteiger partial charge in [0.2, 0.25) is 0 Å². The fraction of sp³-hybridized carbons (Fsp3) is 0.500. The van der Waals surface area contributed by atoms with Gasteiger partial charge in [-0.2, -0.15) is 0 Å². The second-order valence-corrected chi connectivity index (χ2v) is 5.03. The minimum Gasteiger partial charge on any atom is -0.463 e. The van der Waals surface area contributed by atoms with Crippen molar-refractivity contribution in [2.75, 3.05) is 11.9 Å². The molecule has 6 heteroatoms. The molecule has 1 aromatic carbocycles. The Morgan fingerprint density at radius 2 is 2.05 bits per heavy atom. The van der Waals surface area contributed by atoms with E-state index < -0.39 is 4.92 Å². The summed E-state index contributed by atoms with van der Waals surface area (Å²) in [5.74, 6) is -0.543. The van der Waals surface area contributed by atoms with E-state index >= 15 is 0 Å². The quantitative estimate of drug-likeness (QED) is 0.492. The largest absolute Gasteiger partial charge is 0.463 e. The molecule has 20 heavy (non-hydrogen) atoms. The second kappa shape index (κ2) is 6.88. The number of hydrogen-bond acceptors (Lipinski definition) is 5. The minimum atomic E-state index is -0.415. The van der Waals surface area contributed by atoms with Gasteiger partial charge in [-0.1, -0.05) is 6.92 Å². The summed E-state index contributed by atoms with van der Waals surface area (Å²) in [6.45, 7) is 7.48. The van der Waals surface area contributed by atoms with Crippen LogP contribution in [0.25, 0.3) is 0 Å². The van der Waals surface area contributed by atoms with E-state index in [9.17, 15) is 14.9 Å². The third kappa shape index (κ3) is 4.53. The summed E-state index contributed by atoms with van der Waals surface area (Å²) in [6.07, 6.45) is -0.133. The maximum absolute atomic E-state index is 11.6. The van der Waals surface area contributed by atoms with Crippen LogP contribution < -0.4 is 5.32 Å². The first-order chi connectivity index (χ1) is 9.31. The molecule has 1 N–H and O–H groups in total. The first-order valence-corrected chi connectivity index (χ1v) is 6.50. The zero-order valence-corrected chi connectivity index (χ0v) is 12.2. The van der Waals surface area contributed by atoms with Gasteiger partial charge in [0.1, 0.15) is 0 Å². The maximum atomic E-state index is 11.6. The van der Waals surface area contributed by atoms with Crippen LogP contribution >= 0.6 is 0 Å². The molecular formula is C14H20N2O4. The lowest BCUT2D eigenvalue weighted by Gasteiger charge is -2.15. The summed E-state index contributed by atoms with van der Waals surface area (Å²) < 4.78 is 5.11. The van der Waals surface area contributed by atoms with Crippen LogP contribution in [-0.4, -0.2) is 23.5 Å².